The van der Waals surface area contributed by atoms with Crippen LogP contribution >= 0.6 is 18.7 Å². The van der Waals surface area contributed by atoms with Gasteiger partial charge in [-0.05, 0) is 40.0 Å². The first-order chi connectivity index (χ1) is 10.9. The van der Waals surface area contributed by atoms with Gasteiger partial charge in [-0.15, -0.1) is 0 Å². The van der Waals surface area contributed by atoms with Gasteiger partial charge in [-0.1, -0.05) is 94.7 Å². The highest BCUT2D eigenvalue weighted by Crippen LogP contribution is 2.45. The number of aryl methyl sites for hydroxylation is 1. The Kier molecular flexibility index (Phi) is 5.50. The van der Waals surface area contributed by atoms with E-state index < -0.39 is 7.50 Å². The van der Waals surface area contributed by atoms with Crippen LogP contribution in [0.2, 0.25) is 0 Å². The summed E-state index contributed by atoms with van der Waals surface area (Å²) in [4.78, 5) is 10.1. The molecule has 0 aliphatic rings. The minimum absolute atomic E-state index is 0.00100. The molecule has 3 heteroatoms. The molecular formula is C21H28ClOP. The molecule has 0 fully saturated rings. The summed E-state index contributed by atoms with van der Waals surface area (Å²) in [6.45, 7) is 15.6. The van der Waals surface area contributed by atoms with Crippen molar-refractivity contribution in [3.63, 3.8) is 0 Å². The third-order valence-electron chi connectivity index (χ3n) is 4.27. The summed E-state index contributed by atoms with van der Waals surface area (Å²) in [7, 11) is -1.67. The molecule has 0 aliphatic carbocycles. The minimum atomic E-state index is -1.67. The summed E-state index contributed by atoms with van der Waals surface area (Å²) in [5.74, 6) is 0. The second-order valence-corrected chi connectivity index (χ2v) is 10.5. The van der Waals surface area contributed by atoms with Crippen LogP contribution in [0.4, 0.5) is 0 Å². The highest BCUT2D eigenvalue weighted by atomic mass is 35.7. The molecule has 1 unspecified atom stereocenters. The highest BCUT2D eigenvalue weighted by Gasteiger charge is 2.28. The first-order valence-electron chi connectivity index (χ1n) is 8.32. The van der Waals surface area contributed by atoms with Crippen molar-refractivity contribution >= 4 is 24.0 Å². The van der Waals surface area contributed by atoms with E-state index in [9.17, 15) is 4.89 Å². The lowest BCUT2D eigenvalue weighted by molar-refractivity contribution is 0.571. The number of hydrogen-bond donors (Lipinski definition) is 1. The maximum absolute atomic E-state index is 10.1. The van der Waals surface area contributed by atoms with Crippen LogP contribution in [0.15, 0.2) is 36.4 Å². The van der Waals surface area contributed by atoms with Gasteiger partial charge < -0.3 is 4.89 Å². The first-order valence-corrected chi connectivity index (χ1v) is 10.5. The molecule has 0 amide bonds. The predicted molar refractivity (Wildman–Crippen MR) is 109 cm³/mol. The van der Waals surface area contributed by atoms with Crippen molar-refractivity contribution in [2.24, 2.45) is 0 Å². The van der Waals surface area contributed by atoms with Crippen molar-refractivity contribution < 1.29 is 4.89 Å². The molecule has 1 atom stereocenters. The molecule has 2 aromatic carbocycles. The molecule has 24 heavy (non-hydrogen) atoms. The molecular weight excluding hydrogens is 335 g/mol. The lowest BCUT2D eigenvalue weighted by Crippen LogP contribution is -2.21. The van der Waals surface area contributed by atoms with Crippen molar-refractivity contribution in [1.82, 2.24) is 0 Å². The Bertz CT molecular complexity index is 701. The zero-order chi connectivity index (χ0) is 18.3. The van der Waals surface area contributed by atoms with E-state index in [4.69, 9.17) is 11.2 Å². The first kappa shape index (κ1) is 19.4. The number of benzene rings is 2. The lowest BCUT2D eigenvalue weighted by Gasteiger charge is -2.32. The fraction of sp³-hybridized carbons (Fsp3) is 0.429. The third kappa shape index (κ3) is 4.02. The molecule has 1 nitrogen and oxygen atoms in total. The normalized spacial score (nSPS) is 13.9. The average molecular weight is 363 g/mol. The zero-order valence-corrected chi connectivity index (χ0v) is 17.4. The lowest BCUT2D eigenvalue weighted by atomic mass is 9.73. The van der Waals surface area contributed by atoms with Crippen LogP contribution in [-0.2, 0) is 10.8 Å². The molecule has 0 saturated heterocycles. The fourth-order valence-corrected chi connectivity index (χ4v) is 4.14. The van der Waals surface area contributed by atoms with Crippen molar-refractivity contribution in [2.45, 2.75) is 59.3 Å². The van der Waals surface area contributed by atoms with Crippen LogP contribution in [0, 0.1) is 6.92 Å². The van der Waals surface area contributed by atoms with E-state index in [1.807, 2.05) is 18.2 Å². The van der Waals surface area contributed by atoms with E-state index in [1.54, 1.807) is 0 Å². The van der Waals surface area contributed by atoms with Crippen molar-refractivity contribution in [2.75, 3.05) is 0 Å². The van der Waals surface area contributed by atoms with E-state index in [0.29, 0.717) is 0 Å². The van der Waals surface area contributed by atoms with E-state index in [1.165, 1.54) is 22.3 Å². The third-order valence-corrected chi connectivity index (χ3v) is 5.60. The highest BCUT2D eigenvalue weighted by molar-refractivity contribution is 7.85. The molecule has 1 N–H and O–H groups in total. The Morgan fingerprint density at radius 1 is 0.875 bits per heavy atom. The van der Waals surface area contributed by atoms with Crippen LogP contribution in [0.25, 0.3) is 11.1 Å². The van der Waals surface area contributed by atoms with Gasteiger partial charge in [0, 0.05) is 5.30 Å². The molecule has 0 spiro atoms. The van der Waals surface area contributed by atoms with Crippen LogP contribution in [-0.4, -0.2) is 4.89 Å². The summed E-state index contributed by atoms with van der Waals surface area (Å²) in [5, 5.41) is 0.828. The van der Waals surface area contributed by atoms with Gasteiger partial charge in [-0.3, -0.25) is 0 Å². The Hall–Kier alpha value is -0.880. The summed E-state index contributed by atoms with van der Waals surface area (Å²) in [6.07, 6.45) is 0. The molecule has 0 heterocycles. The maximum Gasteiger partial charge on any atom is 0.155 e. The largest absolute Gasteiger partial charge is 0.356 e. The Labute approximate surface area is 152 Å². The monoisotopic (exact) mass is 362 g/mol. The predicted octanol–water partition coefficient (Wildman–Crippen LogP) is 6.43. The van der Waals surface area contributed by atoms with E-state index in [2.05, 4.69) is 66.7 Å². The zero-order valence-electron chi connectivity index (χ0n) is 15.7. The minimum Gasteiger partial charge on any atom is -0.356 e. The van der Waals surface area contributed by atoms with Crippen LogP contribution < -0.4 is 5.30 Å². The molecule has 0 radical (unpaired) electrons. The molecule has 2 rings (SSSR count). The standard InChI is InChI=1S/C21H28ClOP/c1-14-12-16(20(2,3)4)19(17(13-14)21(5,6)7)15-10-8-9-11-18(15)24(22)23/h8-13,23H,1-7H3. The average Bonchev–Trinajstić information content (AvgIpc) is 2.44. The molecule has 0 aromatic heterocycles. The Morgan fingerprint density at radius 2 is 1.33 bits per heavy atom. The number of hydrogen-bond acceptors (Lipinski definition) is 1. The van der Waals surface area contributed by atoms with Gasteiger partial charge >= 0.3 is 0 Å². The Balaban J connectivity index is 2.96. The van der Waals surface area contributed by atoms with E-state index in [0.717, 1.165) is 10.9 Å². The molecule has 0 bridgehead atoms. The summed E-state index contributed by atoms with van der Waals surface area (Å²) < 4.78 is 0. The quantitative estimate of drug-likeness (QED) is 0.610. The van der Waals surface area contributed by atoms with Crippen molar-refractivity contribution in [1.29, 1.82) is 0 Å². The van der Waals surface area contributed by atoms with Gasteiger partial charge in [-0.25, -0.2) is 0 Å². The second-order valence-electron chi connectivity index (χ2n) is 8.51. The van der Waals surface area contributed by atoms with Gasteiger partial charge in [0.15, 0.2) is 7.50 Å². The topological polar surface area (TPSA) is 20.2 Å². The number of rotatable bonds is 2. The fourth-order valence-electron chi connectivity index (χ4n) is 3.11. The van der Waals surface area contributed by atoms with Gasteiger partial charge in [-0.2, -0.15) is 0 Å². The summed E-state index contributed by atoms with van der Waals surface area (Å²) in [5.41, 5.74) is 6.14. The van der Waals surface area contributed by atoms with Crippen molar-refractivity contribution in [3.8, 4) is 11.1 Å². The second kappa shape index (κ2) is 6.79. The summed E-state index contributed by atoms with van der Waals surface area (Å²) >= 11 is 6.14. The molecule has 130 valence electrons. The van der Waals surface area contributed by atoms with E-state index in [-0.39, 0.29) is 10.8 Å². The number of halogens is 1. The Morgan fingerprint density at radius 3 is 1.75 bits per heavy atom. The van der Waals surface area contributed by atoms with Crippen LogP contribution in [0.3, 0.4) is 0 Å². The van der Waals surface area contributed by atoms with Gasteiger partial charge in [0.1, 0.15) is 0 Å². The maximum atomic E-state index is 10.1. The van der Waals surface area contributed by atoms with Crippen LogP contribution in [0.5, 0.6) is 0 Å². The molecule has 0 aliphatic heterocycles. The van der Waals surface area contributed by atoms with Gasteiger partial charge in [0.2, 0.25) is 0 Å². The smallest absolute Gasteiger partial charge is 0.155 e. The molecule has 0 saturated carbocycles. The van der Waals surface area contributed by atoms with Gasteiger partial charge in [0.05, 0.1) is 0 Å². The summed E-state index contributed by atoms with van der Waals surface area (Å²) in [6, 6.07) is 12.5. The van der Waals surface area contributed by atoms with Gasteiger partial charge in [0.25, 0.3) is 0 Å². The van der Waals surface area contributed by atoms with Crippen LogP contribution in [0.1, 0.15) is 58.2 Å². The SMILES string of the molecule is Cc1cc(C(C)(C)C)c(-c2ccccc2P(O)Cl)c(C(C)(C)C)c1. The van der Waals surface area contributed by atoms with Crippen molar-refractivity contribution in [3.05, 3.63) is 53.1 Å². The molecule has 2 aromatic rings. The van der Waals surface area contributed by atoms with E-state index >= 15 is 0 Å².